The summed E-state index contributed by atoms with van der Waals surface area (Å²) in [7, 11) is 0. The first-order valence-electron chi connectivity index (χ1n) is 4.35. The van der Waals surface area contributed by atoms with E-state index < -0.39 is 0 Å². The molecule has 0 atom stereocenters. The molecule has 0 heterocycles. The maximum atomic E-state index is 10.6. The fourth-order valence-corrected chi connectivity index (χ4v) is 1.11. The SMILES string of the molecule is CC(=O)NCCc1ccc(O)c(O)c1.O. The normalized spacial score (nSPS) is 9.13. The first-order chi connectivity index (χ1) is 6.59. The molecule has 5 nitrogen and oxygen atoms in total. The lowest BCUT2D eigenvalue weighted by atomic mass is 10.1. The lowest BCUT2D eigenvalue weighted by Crippen LogP contribution is -2.22. The average molecular weight is 213 g/mol. The Morgan fingerprint density at radius 2 is 2.00 bits per heavy atom. The van der Waals surface area contributed by atoms with Crippen molar-refractivity contribution in [1.82, 2.24) is 5.32 Å². The number of carbonyl (C=O) groups is 1. The van der Waals surface area contributed by atoms with E-state index in [0.29, 0.717) is 13.0 Å². The van der Waals surface area contributed by atoms with Crippen molar-refractivity contribution in [3.63, 3.8) is 0 Å². The van der Waals surface area contributed by atoms with Gasteiger partial charge in [0, 0.05) is 13.5 Å². The van der Waals surface area contributed by atoms with E-state index in [2.05, 4.69) is 5.32 Å². The highest BCUT2D eigenvalue weighted by atomic mass is 16.3. The van der Waals surface area contributed by atoms with E-state index in [1.165, 1.54) is 19.1 Å². The fourth-order valence-electron chi connectivity index (χ4n) is 1.11. The van der Waals surface area contributed by atoms with Gasteiger partial charge < -0.3 is 21.0 Å². The Kier molecular flexibility index (Phi) is 5.19. The molecule has 0 aliphatic carbocycles. The van der Waals surface area contributed by atoms with Gasteiger partial charge in [-0.3, -0.25) is 4.79 Å². The molecule has 84 valence electrons. The van der Waals surface area contributed by atoms with E-state index >= 15 is 0 Å². The van der Waals surface area contributed by atoms with Crippen LogP contribution in [0.4, 0.5) is 0 Å². The molecule has 1 amide bonds. The molecule has 1 rings (SSSR count). The third-order valence-corrected chi connectivity index (χ3v) is 1.83. The van der Waals surface area contributed by atoms with E-state index in [0.717, 1.165) is 5.56 Å². The molecule has 0 unspecified atom stereocenters. The van der Waals surface area contributed by atoms with Gasteiger partial charge in [-0.05, 0) is 24.1 Å². The van der Waals surface area contributed by atoms with Gasteiger partial charge in [-0.2, -0.15) is 0 Å². The van der Waals surface area contributed by atoms with Gasteiger partial charge in [-0.15, -0.1) is 0 Å². The van der Waals surface area contributed by atoms with Crippen molar-refractivity contribution in [2.24, 2.45) is 0 Å². The van der Waals surface area contributed by atoms with Crippen molar-refractivity contribution >= 4 is 5.91 Å². The summed E-state index contributed by atoms with van der Waals surface area (Å²) in [5.74, 6) is -0.341. The van der Waals surface area contributed by atoms with Crippen molar-refractivity contribution in [1.29, 1.82) is 0 Å². The van der Waals surface area contributed by atoms with Gasteiger partial charge in [-0.25, -0.2) is 0 Å². The van der Waals surface area contributed by atoms with E-state index in [1.807, 2.05) is 0 Å². The maximum Gasteiger partial charge on any atom is 0.216 e. The summed E-state index contributed by atoms with van der Waals surface area (Å²) in [4.78, 5) is 10.6. The van der Waals surface area contributed by atoms with E-state index in [9.17, 15) is 9.90 Å². The summed E-state index contributed by atoms with van der Waals surface area (Å²) in [5.41, 5.74) is 0.869. The Balaban J connectivity index is 0.00000196. The van der Waals surface area contributed by atoms with Crippen LogP contribution in [0, 0.1) is 0 Å². The molecule has 5 N–H and O–H groups in total. The molecule has 0 aliphatic rings. The first kappa shape index (κ1) is 13.2. The Bertz CT molecular complexity index is 338. The quantitative estimate of drug-likeness (QED) is 0.613. The second-order valence-corrected chi connectivity index (χ2v) is 3.06. The number of amides is 1. The molecule has 0 aliphatic heterocycles. The van der Waals surface area contributed by atoms with Crippen LogP contribution in [-0.4, -0.2) is 28.1 Å². The van der Waals surface area contributed by atoms with Crippen LogP contribution in [0.3, 0.4) is 0 Å². The van der Waals surface area contributed by atoms with Gasteiger partial charge in [0.15, 0.2) is 11.5 Å². The Morgan fingerprint density at radius 3 is 2.53 bits per heavy atom. The molecule has 0 aromatic heterocycles. The number of nitrogens with one attached hydrogen (secondary N) is 1. The molecular formula is C10H15NO4. The predicted octanol–water partition coefficient (Wildman–Crippen LogP) is -0.0483. The van der Waals surface area contributed by atoms with Gasteiger partial charge in [0.05, 0.1) is 0 Å². The number of phenols is 2. The summed E-state index contributed by atoms with van der Waals surface area (Å²) in [6, 6.07) is 4.62. The standard InChI is InChI=1S/C10H13NO3.H2O/c1-7(12)11-5-4-8-2-3-9(13)10(14)6-8;/h2-3,6,13-14H,4-5H2,1H3,(H,11,12);1H2. The van der Waals surface area contributed by atoms with Crippen molar-refractivity contribution in [2.45, 2.75) is 13.3 Å². The number of aromatic hydroxyl groups is 2. The minimum Gasteiger partial charge on any atom is -0.504 e. The van der Waals surface area contributed by atoms with Gasteiger partial charge in [0.1, 0.15) is 0 Å². The van der Waals surface area contributed by atoms with Gasteiger partial charge >= 0.3 is 0 Å². The molecule has 1 aromatic carbocycles. The zero-order chi connectivity index (χ0) is 10.6. The second kappa shape index (κ2) is 5.87. The number of hydrogen-bond donors (Lipinski definition) is 3. The molecule has 1 aromatic rings. The number of phenolic OH excluding ortho intramolecular Hbond substituents is 2. The molecular weight excluding hydrogens is 198 g/mol. The van der Waals surface area contributed by atoms with E-state index in [1.54, 1.807) is 6.07 Å². The monoisotopic (exact) mass is 213 g/mol. The number of hydrogen-bond acceptors (Lipinski definition) is 3. The summed E-state index contributed by atoms with van der Waals surface area (Å²) in [6.07, 6.45) is 0.632. The molecule has 0 spiro atoms. The summed E-state index contributed by atoms with van der Waals surface area (Å²) >= 11 is 0. The third kappa shape index (κ3) is 4.33. The van der Waals surface area contributed by atoms with Crippen LogP contribution in [0.25, 0.3) is 0 Å². The predicted molar refractivity (Wildman–Crippen MR) is 55.8 cm³/mol. The second-order valence-electron chi connectivity index (χ2n) is 3.06. The average Bonchev–Trinajstić information content (AvgIpc) is 2.10. The largest absolute Gasteiger partial charge is 0.504 e. The van der Waals surface area contributed by atoms with Gasteiger partial charge in [0.2, 0.25) is 5.91 Å². The summed E-state index contributed by atoms with van der Waals surface area (Å²) in [6.45, 7) is 1.98. The van der Waals surface area contributed by atoms with Crippen LogP contribution < -0.4 is 5.32 Å². The van der Waals surface area contributed by atoms with Crippen LogP contribution in [-0.2, 0) is 11.2 Å². The first-order valence-corrected chi connectivity index (χ1v) is 4.35. The summed E-state index contributed by atoms with van der Waals surface area (Å²) in [5, 5.41) is 20.9. The van der Waals surface area contributed by atoms with Crippen molar-refractivity contribution in [3.8, 4) is 11.5 Å². The van der Waals surface area contributed by atoms with Gasteiger partial charge in [0.25, 0.3) is 0 Å². The minimum atomic E-state index is -0.134. The highest BCUT2D eigenvalue weighted by Crippen LogP contribution is 2.24. The molecule has 5 heteroatoms. The van der Waals surface area contributed by atoms with Crippen LogP contribution in [0.5, 0.6) is 11.5 Å². The fraction of sp³-hybridized carbons (Fsp3) is 0.300. The molecule has 0 bridgehead atoms. The van der Waals surface area contributed by atoms with Crippen molar-refractivity contribution in [3.05, 3.63) is 23.8 Å². The molecule has 0 fully saturated rings. The van der Waals surface area contributed by atoms with Gasteiger partial charge in [-0.1, -0.05) is 6.07 Å². The Morgan fingerprint density at radius 1 is 1.33 bits per heavy atom. The lowest BCUT2D eigenvalue weighted by Gasteiger charge is -2.04. The number of rotatable bonds is 3. The van der Waals surface area contributed by atoms with Crippen molar-refractivity contribution in [2.75, 3.05) is 6.54 Å². The van der Waals surface area contributed by atoms with Crippen molar-refractivity contribution < 1.29 is 20.5 Å². The zero-order valence-electron chi connectivity index (χ0n) is 8.45. The van der Waals surface area contributed by atoms with Crippen LogP contribution in [0.1, 0.15) is 12.5 Å². The number of benzene rings is 1. The molecule has 0 radical (unpaired) electrons. The Labute approximate surface area is 87.7 Å². The number of carbonyl (C=O) groups excluding carboxylic acids is 1. The smallest absolute Gasteiger partial charge is 0.216 e. The van der Waals surface area contributed by atoms with E-state index in [-0.39, 0.29) is 22.9 Å². The van der Waals surface area contributed by atoms with E-state index in [4.69, 9.17) is 5.11 Å². The lowest BCUT2D eigenvalue weighted by molar-refractivity contribution is -0.118. The molecule has 0 saturated heterocycles. The van der Waals surface area contributed by atoms with Crippen LogP contribution in [0.2, 0.25) is 0 Å². The zero-order valence-corrected chi connectivity index (χ0v) is 8.45. The third-order valence-electron chi connectivity index (χ3n) is 1.83. The summed E-state index contributed by atoms with van der Waals surface area (Å²) < 4.78 is 0. The Hall–Kier alpha value is -1.75. The maximum absolute atomic E-state index is 10.6. The van der Waals surface area contributed by atoms with Crippen LogP contribution >= 0.6 is 0 Å². The minimum absolute atomic E-state index is 0. The topological polar surface area (TPSA) is 101 Å². The highest BCUT2D eigenvalue weighted by molar-refractivity contribution is 5.72. The molecule has 0 saturated carbocycles. The highest BCUT2D eigenvalue weighted by Gasteiger charge is 2.00. The molecule has 15 heavy (non-hydrogen) atoms. The van der Waals surface area contributed by atoms with Crippen LogP contribution in [0.15, 0.2) is 18.2 Å².